The molecule has 1 aromatic rings. The minimum Gasteiger partial charge on any atom is -0.496 e. The molecule has 4 nitrogen and oxygen atoms in total. The molecule has 0 aliphatic carbocycles. The van der Waals surface area contributed by atoms with Crippen molar-refractivity contribution in [3.05, 3.63) is 17.7 Å². The van der Waals surface area contributed by atoms with Crippen LogP contribution in [0.3, 0.4) is 0 Å². The van der Waals surface area contributed by atoms with Crippen LogP contribution in [0.5, 0.6) is 17.2 Å². The Bertz CT molecular complexity index is 418. The van der Waals surface area contributed by atoms with Crippen molar-refractivity contribution in [2.24, 2.45) is 5.41 Å². The van der Waals surface area contributed by atoms with Gasteiger partial charge in [-0.3, -0.25) is 0 Å². The van der Waals surface area contributed by atoms with Crippen molar-refractivity contribution in [3.8, 4) is 17.2 Å². The summed E-state index contributed by atoms with van der Waals surface area (Å²) in [5.41, 5.74) is 1.27. The highest BCUT2D eigenvalue weighted by molar-refractivity contribution is 5.53. The van der Waals surface area contributed by atoms with E-state index >= 15 is 0 Å². The van der Waals surface area contributed by atoms with Crippen molar-refractivity contribution in [2.45, 2.75) is 19.9 Å². The lowest BCUT2D eigenvalue weighted by atomic mass is 9.73. The Morgan fingerprint density at radius 2 is 1.61 bits per heavy atom. The van der Waals surface area contributed by atoms with E-state index in [9.17, 15) is 0 Å². The van der Waals surface area contributed by atoms with Gasteiger partial charge in [0.2, 0.25) is 0 Å². The van der Waals surface area contributed by atoms with E-state index in [1.54, 1.807) is 21.3 Å². The Balaban J connectivity index is 2.50. The van der Waals surface area contributed by atoms with Gasteiger partial charge < -0.3 is 19.5 Å². The van der Waals surface area contributed by atoms with Crippen LogP contribution < -0.4 is 19.5 Å². The number of nitrogens with one attached hydrogen (secondary N) is 1. The summed E-state index contributed by atoms with van der Waals surface area (Å²) < 4.78 is 16.2. The molecule has 1 heterocycles. The average molecular weight is 251 g/mol. The molecule has 0 bridgehead atoms. The van der Waals surface area contributed by atoms with E-state index in [0.29, 0.717) is 0 Å². The lowest BCUT2D eigenvalue weighted by molar-refractivity contribution is 0.122. The van der Waals surface area contributed by atoms with Gasteiger partial charge in [0.05, 0.1) is 26.9 Å². The van der Waals surface area contributed by atoms with Crippen LogP contribution in [0.25, 0.3) is 0 Å². The zero-order chi connectivity index (χ0) is 13.3. The lowest BCUT2D eigenvalue weighted by Gasteiger charge is -2.46. The van der Waals surface area contributed by atoms with E-state index < -0.39 is 0 Å². The van der Waals surface area contributed by atoms with Crippen LogP contribution in [0.15, 0.2) is 12.1 Å². The summed E-state index contributed by atoms with van der Waals surface area (Å²) in [5.74, 6) is 2.34. The first-order valence-corrected chi connectivity index (χ1v) is 6.06. The number of ether oxygens (including phenoxy) is 3. The van der Waals surface area contributed by atoms with Gasteiger partial charge in [0.1, 0.15) is 17.2 Å². The second kappa shape index (κ2) is 4.69. The van der Waals surface area contributed by atoms with E-state index in [1.165, 1.54) is 0 Å². The SMILES string of the molecule is COc1cc(OC)c(C2NCC2(C)C)c(OC)c1. The maximum Gasteiger partial charge on any atom is 0.131 e. The van der Waals surface area contributed by atoms with Gasteiger partial charge in [0, 0.05) is 24.7 Å². The van der Waals surface area contributed by atoms with Crippen molar-refractivity contribution in [2.75, 3.05) is 27.9 Å². The Morgan fingerprint density at radius 1 is 1.06 bits per heavy atom. The molecule has 1 N–H and O–H groups in total. The maximum absolute atomic E-state index is 5.48. The van der Waals surface area contributed by atoms with E-state index in [4.69, 9.17) is 14.2 Å². The molecule has 4 heteroatoms. The van der Waals surface area contributed by atoms with Crippen LogP contribution in [-0.2, 0) is 0 Å². The summed E-state index contributed by atoms with van der Waals surface area (Å²) in [6, 6.07) is 4.04. The normalized spacial score (nSPS) is 21.1. The van der Waals surface area contributed by atoms with Crippen LogP contribution in [0.1, 0.15) is 25.5 Å². The van der Waals surface area contributed by atoms with Crippen LogP contribution in [-0.4, -0.2) is 27.9 Å². The first-order chi connectivity index (χ1) is 8.53. The van der Waals surface area contributed by atoms with Crippen LogP contribution in [0.4, 0.5) is 0 Å². The van der Waals surface area contributed by atoms with Crippen molar-refractivity contribution in [3.63, 3.8) is 0 Å². The van der Waals surface area contributed by atoms with Crippen LogP contribution in [0.2, 0.25) is 0 Å². The maximum atomic E-state index is 5.48. The first kappa shape index (κ1) is 13.0. The van der Waals surface area contributed by atoms with Gasteiger partial charge in [0.25, 0.3) is 0 Å². The first-order valence-electron chi connectivity index (χ1n) is 6.06. The zero-order valence-corrected chi connectivity index (χ0v) is 11.7. The number of rotatable bonds is 4. The summed E-state index contributed by atoms with van der Waals surface area (Å²) in [4.78, 5) is 0. The molecule has 1 aliphatic rings. The zero-order valence-electron chi connectivity index (χ0n) is 11.7. The summed E-state index contributed by atoms with van der Waals surface area (Å²) in [6.45, 7) is 5.46. The monoisotopic (exact) mass is 251 g/mol. The second-order valence-corrected chi connectivity index (χ2v) is 5.25. The van der Waals surface area contributed by atoms with Crippen molar-refractivity contribution in [1.82, 2.24) is 5.32 Å². The van der Waals surface area contributed by atoms with Crippen molar-refractivity contribution < 1.29 is 14.2 Å². The van der Waals surface area contributed by atoms with Gasteiger partial charge in [-0.05, 0) is 5.41 Å². The second-order valence-electron chi connectivity index (χ2n) is 5.25. The Hall–Kier alpha value is -1.42. The van der Waals surface area contributed by atoms with Gasteiger partial charge in [-0.25, -0.2) is 0 Å². The molecule has 100 valence electrons. The van der Waals surface area contributed by atoms with Gasteiger partial charge in [-0.15, -0.1) is 0 Å². The number of hydrogen-bond donors (Lipinski definition) is 1. The molecule has 0 amide bonds. The van der Waals surface area contributed by atoms with E-state index in [-0.39, 0.29) is 11.5 Å². The number of benzene rings is 1. The molecule has 1 aromatic carbocycles. The highest BCUT2D eigenvalue weighted by Gasteiger charge is 2.42. The fourth-order valence-electron chi connectivity index (χ4n) is 2.42. The fourth-order valence-corrected chi connectivity index (χ4v) is 2.42. The molecular formula is C14H21NO3. The Morgan fingerprint density at radius 3 is 1.89 bits per heavy atom. The van der Waals surface area contributed by atoms with Gasteiger partial charge in [-0.2, -0.15) is 0 Å². The molecule has 1 unspecified atom stereocenters. The van der Waals surface area contributed by atoms with E-state index in [1.807, 2.05) is 12.1 Å². The third-order valence-electron chi connectivity index (χ3n) is 3.59. The van der Waals surface area contributed by atoms with Gasteiger partial charge in [0.15, 0.2) is 0 Å². The summed E-state index contributed by atoms with van der Waals surface area (Å²) in [7, 11) is 4.98. The third-order valence-corrected chi connectivity index (χ3v) is 3.59. The topological polar surface area (TPSA) is 39.7 Å². The molecule has 0 radical (unpaired) electrons. The van der Waals surface area contributed by atoms with Gasteiger partial charge in [-0.1, -0.05) is 13.8 Å². The highest BCUT2D eigenvalue weighted by atomic mass is 16.5. The fraction of sp³-hybridized carbons (Fsp3) is 0.571. The van der Waals surface area contributed by atoms with Crippen molar-refractivity contribution in [1.29, 1.82) is 0 Å². The quantitative estimate of drug-likeness (QED) is 0.892. The molecule has 1 atom stereocenters. The van der Waals surface area contributed by atoms with Gasteiger partial charge >= 0.3 is 0 Å². The Labute approximate surface area is 108 Å². The van der Waals surface area contributed by atoms with Crippen LogP contribution in [0, 0.1) is 5.41 Å². The smallest absolute Gasteiger partial charge is 0.131 e. The highest BCUT2D eigenvalue weighted by Crippen LogP contribution is 2.48. The van der Waals surface area contributed by atoms with Crippen LogP contribution >= 0.6 is 0 Å². The predicted molar refractivity (Wildman–Crippen MR) is 70.6 cm³/mol. The minimum absolute atomic E-state index is 0.204. The molecular weight excluding hydrogens is 230 g/mol. The summed E-state index contributed by atoms with van der Waals surface area (Å²) in [5, 5.41) is 3.44. The largest absolute Gasteiger partial charge is 0.496 e. The third kappa shape index (κ3) is 2.01. The summed E-state index contributed by atoms with van der Waals surface area (Å²) >= 11 is 0. The van der Waals surface area contributed by atoms with E-state index in [2.05, 4.69) is 19.2 Å². The number of hydrogen-bond acceptors (Lipinski definition) is 4. The lowest BCUT2D eigenvalue weighted by Crippen LogP contribution is -2.52. The minimum atomic E-state index is 0.204. The molecule has 2 rings (SSSR count). The molecule has 18 heavy (non-hydrogen) atoms. The molecule has 0 aromatic heterocycles. The molecule has 1 aliphatic heterocycles. The Kier molecular flexibility index (Phi) is 3.39. The number of methoxy groups -OCH3 is 3. The summed E-state index contributed by atoms with van der Waals surface area (Å²) in [6.07, 6.45) is 0. The molecule has 1 fully saturated rings. The molecule has 1 saturated heterocycles. The van der Waals surface area contributed by atoms with E-state index in [0.717, 1.165) is 29.4 Å². The standard InChI is InChI=1S/C14H21NO3/c1-14(2)8-15-13(14)12-10(17-4)6-9(16-3)7-11(12)18-5/h6-7,13,15H,8H2,1-5H3. The predicted octanol–water partition coefficient (Wildman–Crippen LogP) is 2.38. The molecule has 0 saturated carbocycles. The average Bonchev–Trinajstić information content (AvgIpc) is 2.37. The van der Waals surface area contributed by atoms with Crippen molar-refractivity contribution >= 4 is 0 Å². The molecule has 0 spiro atoms.